The summed E-state index contributed by atoms with van der Waals surface area (Å²) in [5, 5.41) is 0.815. The minimum Gasteiger partial charge on any atom is -0.366 e. The lowest BCUT2D eigenvalue weighted by Crippen LogP contribution is -2.14. The van der Waals surface area contributed by atoms with Crippen LogP contribution < -0.4 is 11.2 Å². The molecule has 0 aliphatic heterocycles. The van der Waals surface area contributed by atoms with E-state index in [1.54, 1.807) is 12.3 Å². The average molecular weight is 173 g/mol. The van der Waals surface area contributed by atoms with Gasteiger partial charge in [0.1, 0.15) is 13.5 Å². The van der Waals surface area contributed by atoms with Crippen LogP contribution in [0.3, 0.4) is 0 Å². The lowest BCUT2D eigenvalue weighted by molar-refractivity contribution is 0.100. The van der Waals surface area contributed by atoms with Crippen LogP contribution in [-0.4, -0.2) is 23.7 Å². The Morgan fingerprint density at radius 1 is 1.62 bits per heavy atom. The summed E-state index contributed by atoms with van der Waals surface area (Å²) >= 11 is 0. The second kappa shape index (κ2) is 2.62. The minimum atomic E-state index is -0.421. The predicted molar refractivity (Wildman–Crippen MR) is 52.8 cm³/mol. The maximum Gasteiger partial charge on any atom is 0.249 e. The van der Waals surface area contributed by atoms with Gasteiger partial charge in [0, 0.05) is 11.6 Å². The number of hydrogen-bond acceptors (Lipinski definition) is 2. The molecule has 13 heavy (non-hydrogen) atoms. The minimum absolute atomic E-state index is 0.421. The van der Waals surface area contributed by atoms with Crippen LogP contribution in [0.25, 0.3) is 11.0 Å². The predicted octanol–water partition coefficient (Wildman–Crippen LogP) is -1.08. The molecule has 0 saturated carbocycles. The number of rotatable bonds is 1. The summed E-state index contributed by atoms with van der Waals surface area (Å²) in [4.78, 5) is 18.1. The molecule has 1 amide bonds. The van der Waals surface area contributed by atoms with E-state index in [2.05, 4.69) is 9.97 Å². The molecule has 0 atom stereocenters. The van der Waals surface area contributed by atoms with Gasteiger partial charge in [-0.2, -0.15) is 0 Å². The van der Waals surface area contributed by atoms with Crippen molar-refractivity contribution in [2.75, 3.05) is 0 Å². The third-order valence-corrected chi connectivity index (χ3v) is 2.04. The zero-order valence-electron chi connectivity index (χ0n) is 7.16. The molecule has 64 valence electrons. The van der Waals surface area contributed by atoms with E-state index in [9.17, 15) is 4.79 Å². The molecule has 2 aromatic heterocycles. The van der Waals surface area contributed by atoms with E-state index < -0.39 is 5.91 Å². The van der Waals surface area contributed by atoms with Crippen molar-refractivity contribution in [2.24, 2.45) is 5.73 Å². The van der Waals surface area contributed by atoms with Crippen LogP contribution in [0.5, 0.6) is 0 Å². The van der Waals surface area contributed by atoms with Crippen LogP contribution in [0.1, 0.15) is 10.4 Å². The summed E-state index contributed by atoms with van der Waals surface area (Å²) in [6.45, 7) is 0. The van der Waals surface area contributed by atoms with Gasteiger partial charge in [-0.25, -0.2) is 4.98 Å². The average Bonchev–Trinajstić information content (AvgIpc) is 2.48. The largest absolute Gasteiger partial charge is 0.366 e. The summed E-state index contributed by atoms with van der Waals surface area (Å²) in [7, 11) is 1.91. The number of carbonyl (C=O) groups excluding carboxylic acids is 1. The monoisotopic (exact) mass is 173 g/mol. The molecule has 2 heterocycles. The van der Waals surface area contributed by atoms with Crippen molar-refractivity contribution >= 4 is 30.2 Å². The highest BCUT2D eigenvalue weighted by Crippen LogP contribution is 2.11. The molecule has 2 aromatic rings. The number of amides is 1. The Kier molecular flexibility index (Phi) is 1.58. The van der Waals surface area contributed by atoms with Crippen LogP contribution >= 0.6 is 0 Å². The van der Waals surface area contributed by atoms with E-state index in [-0.39, 0.29) is 0 Å². The lowest BCUT2D eigenvalue weighted by Gasteiger charge is -1.97. The van der Waals surface area contributed by atoms with Crippen LogP contribution in [0.2, 0.25) is 0 Å². The van der Waals surface area contributed by atoms with Crippen molar-refractivity contribution < 1.29 is 4.79 Å². The number of fused-ring (bicyclic) bond motifs is 1. The topological polar surface area (TPSA) is 71.8 Å². The van der Waals surface area contributed by atoms with Gasteiger partial charge in [0.15, 0.2) is 0 Å². The first kappa shape index (κ1) is 7.85. The number of primary amides is 1. The summed E-state index contributed by atoms with van der Waals surface area (Å²) in [5.74, 6) is -0.421. The van der Waals surface area contributed by atoms with E-state index in [1.807, 2.05) is 14.0 Å². The zero-order chi connectivity index (χ0) is 9.42. The van der Waals surface area contributed by atoms with Crippen molar-refractivity contribution in [3.05, 3.63) is 24.0 Å². The van der Waals surface area contributed by atoms with Crippen LogP contribution in [0.4, 0.5) is 0 Å². The van der Waals surface area contributed by atoms with Crippen LogP contribution in [0.15, 0.2) is 18.5 Å². The Bertz CT molecular complexity index is 477. The highest BCUT2D eigenvalue weighted by Gasteiger charge is 2.09. The van der Waals surface area contributed by atoms with Crippen molar-refractivity contribution in [3.63, 3.8) is 0 Å². The van der Waals surface area contributed by atoms with E-state index in [4.69, 9.17) is 5.73 Å². The Hall–Kier alpha value is -1.78. The van der Waals surface area contributed by atoms with Gasteiger partial charge >= 0.3 is 0 Å². The Morgan fingerprint density at radius 2 is 2.38 bits per heavy atom. The van der Waals surface area contributed by atoms with E-state index in [0.29, 0.717) is 11.2 Å². The van der Waals surface area contributed by atoms with E-state index in [1.165, 1.54) is 0 Å². The number of pyridine rings is 1. The Labute approximate surface area is 75.6 Å². The van der Waals surface area contributed by atoms with Gasteiger partial charge in [0.25, 0.3) is 0 Å². The Balaban J connectivity index is 2.88. The highest BCUT2D eigenvalue weighted by molar-refractivity contribution is 6.40. The fraction of sp³-hybridized carbons (Fsp3) is 0. The molecule has 2 rings (SSSR count). The van der Waals surface area contributed by atoms with Crippen molar-refractivity contribution in [1.29, 1.82) is 0 Å². The molecule has 5 heteroatoms. The number of aromatic nitrogens is 2. The molecule has 3 N–H and O–H groups in total. The van der Waals surface area contributed by atoms with Gasteiger partial charge < -0.3 is 10.7 Å². The molecule has 0 aromatic carbocycles. The molecule has 0 radical (unpaired) electrons. The number of nitrogens with one attached hydrogen (secondary N) is 1. The molecule has 0 spiro atoms. The fourth-order valence-corrected chi connectivity index (χ4v) is 1.42. The van der Waals surface area contributed by atoms with Crippen molar-refractivity contribution in [2.45, 2.75) is 0 Å². The smallest absolute Gasteiger partial charge is 0.249 e. The standard InChI is InChI=1S/C8H8BN3O/c9-5-3-12-8-6(5)4(7(10)13)1-2-11-8/h1-3H,9H2,(H2,10,13)(H,11,12). The third kappa shape index (κ3) is 1.09. The first-order valence-corrected chi connectivity index (χ1v) is 3.92. The summed E-state index contributed by atoms with van der Waals surface area (Å²) in [5.41, 5.74) is 7.43. The number of hydrogen-bond donors (Lipinski definition) is 2. The SMILES string of the molecule is Bc1c[nH]c2nccc(C(N)=O)c12. The van der Waals surface area contributed by atoms with Crippen LogP contribution in [0, 0.1) is 0 Å². The number of H-pyrrole nitrogens is 1. The molecular weight excluding hydrogens is 165 g/mol. The summed E-state index contributed by atoms with van der Waals surface area (Å²) in [6, 6.07) is 1.63. The maximum absolute atomic E-state index is 11.0. The normalized spacial score (nSPS) is 10.5. The molecule has 0 unspecified atom stereocenters. The quantitative estimate of drug-likeness (QED) is 0.538. The molecule has 0 aliphatic carbocycles. The fourth-order valence-electron chi connectivity index (χ4n) is 1.42. The van der Waals surface area contributed by atoms with E-state index in [0.717, 1.165) is 10.8 Å². The highest BCUT2D eigenvalue weighted by atomic mass is 16.1. The summed E-state index contributed by atoms with van der Waals surface area (Å²) < 4.78 is 0. The van der Waals surface area contributed by atoms with Crippen molar-refractivity contribution in [3.8, 4) is 0 Å². The molecule has 4 nitrogen and oxygen atoms in total. The van der Waals surface area contributed by atoms with Gasteiger partial charge in [-0.15, -0.1) is 0 Å². The second-order valence-electron chi connectivity index (χ2n) is 2.92. The number of nitrogens with two attached hydrogens (primary N) is 1. The number of nitrogens with zero attached hydrogens (tertiary/aromatic N) is 1. The lowest BCUT2D eigenvalue weighted by atomic mass is 9.94. The van der Waals surface area contributed by atoms with Gasteiger partial charge in [-0.1, -0.05) is 5.46 Å². The molecule has 0 saturated heterocycles. The molecular formula is C8H8BN3O. The molecule has 0 bridgehead atoms. The first-order chi connectivity index (χ1) is 6.20. The Morgan fingerprint density at radius 3 is 3.08 bits per heavy atom. The molecule has 0 fully saturated rings. The third-order valence-electron chi connectivity index (χ3n) is 2.04. The van der Waals surface area contributed by atoms with Gasteiger partial charge in [0.2, 0.25) is 5.91 Å². The summed E-state index contributed by atoms with van der Waals surface area (Å²) in [6.07, 6.45) is 3.38. The maximum atomic E-state index is 11.0. The second-order valence-corrected chi connectivity index (χ2v) is 2.92. The number of carbonyl (C=O) groups is 1. The van der Waals surface area contributed by atoms with Crippen molar-refractivity contribution in [1.82, 2.24) is 9.97 Å². The van der Waals surface area contributed by atoms with E-state index >= 15 is 0 Å². The number of aromatic amines is 1. The van der Waals surface area contributed by atoms with Gasteiger partial charge in [0.05, 0.1) is 5.56 Å². The van der Waals surface area contributed by atoms with Gasteiger partial charge in [-0.3, -0.25) is 4.79 Å². The first-order valence-electron chi connectivity index (χ1n) is 3.92. The molecule has 0 aliphatic rings. The zero-order valence-corrected chi connectivity index (χ0v) is 7.16. The van der Waals surface area contributed by atoms with Crippen LogP contribution in [-0.2, 0) is 0 Å². The van der Waals surface area contributed by atoms with Gasteiger partial charge in [-0.05, 0) is 12.3 Å².